The molecule has 106 valence electrons. The Bertz CT molecular complexity index is 761. The van der Waals surface area contributed by atoms with Crippen LogP contribution in [0.1, 0.15) is 28.9 Å². The number of hydrogen-bond acceptors (Lipinski definition) is 5. The third kappa shape index (κ3) is 1.98. The average Bonchev–Trinajstić information content (AvgIpc) is 3.21. The van der Waals surface area contributed by atoms with E-state index in [2.05, 4.69) is 15.6 Å². The number of nitrogens with one attached hydrogen (secondary N) is 2. The van der Waals surface area contributed by atoms with Crippen LogP contribution in [0.4, 0.5) is 0 Å². The minimum absolute atomic E-state index is 0.181. The first-order chi connectivity index (χ1) is 10.2. The first-order valence-corrected chi connectivity index (χ1v) is 7.06. The van der Waals surface area contributed by atoms with Crippen LogP contribution in [0.5, 0.6) is 0 Å². The summed E-state index contributed by atoms with van der Waals surface area (Å²) in [5, 5.41) is 16.1. The van der Waals surface area contributed by atoms with Crippen molar-refractivity contribution in [3.8, 4) is 6.07 Å². The quantitative estimate of drug-likeness (QED) is 0.863. The van der Waals surface area contributed by atoms with Gasteiger partial charge in [-0.15, -0.1) is 0 Å². The number of aromatic nitrogens is 1. The molecule has 1 aliphatic heterocycles. The highest BCUT2D eigenvalue weighted by atomic mass is 16.3. The summed E-state index contributed by atoms with van der Waals surface area (Å²) in [7, 11) is 0. The highest BCUT2D eigenvalue weighted by Gasteiger charge is 2.40. The molecule has 1 amide bonds. The molecule has 1 aliphatic carbocycles. The van der Waals surface area contributed by atoms with Gasteiger partial charge in [0.2, 0.25) is 0 Å². The van der Waals surface area contributed by atoms with E-state index < -0.39 is 0 Å². The second kappa shape index (κ2) is 4.57. The second-order valence-electron chi connectivity index (χ2n) is 5.74. The van der Waals surface area contributed by atoms with Gasteiger partial charge in [0.25, 0.3) is 5.91 Å². The van der Waals surface area contributed by atoms with Gasteiger partial charge in [0.05, 0.1) is 11.8 Å². The summed E-state index contributed by atoms with van der Waals surface area (Å²) in [6.45, 7) is 0.975. The standard InChI is InChI=1S/C15H14N4O2/c16-4-9-7-21-14-6-18-13(3-11(9)14)15(20)19-12-2-10-1-8(12)5-17-10/h3,6-8,10,12,17H,1-2,5H2,(H,19,20). The monoisotopic (exact) mass is 282 g/mol. The molecule has 3 heterocycles. The van der Waals surface area contributed by atoms with Crippen molar-refractivity contribution in [2.75, 3.05) is 6.54 Å². The van der Waals surface area contributed by atoms with E-state index >= 15 is 0 Å². The van der Waals surface area contributed by atoms with Crippen LogP contribution < -0.4 is 10.6 Å². The number of rotatable bonds is 2. The first kappa shape index (κ1) is 12.4. The highest BCUT2D eigenvalue weighted by Crippen LogP contribution is 2.31. The van der Waals surface area contributed by atoms with E-state index in [4.69, 9.17) is 9.68 Å². The molecule has 6 nitrogen and oxygen atoms in total. The lowest BCUT2D eigenvalue weighted by atomic mass is 10.0. The van der Waals surface area contributed by atoms with Crippen molar-refractivity contribution < 1.29 is 9.21 Å². The summed E-state index contributed by atoms with van der Waals surface area (Å²) < 4.78 is 5.22. The number of furan rings is 1. The number of piperidine rings is 1. The van der Waals surface area contributed by atoms with Crippen LogP contribution in [0.25, 0.3) is 11.0 Å². The van der Waals surface area contributed by atoms with Gasteiger partial charge in [-0.1, -0.05) is 0 Å². The lowest BCUT2D eigenvalue weighted by Gasteiger charge is -2.23. The van der Waals surface area contributed by atoms with Gasteiger partial charge in [-0.05, 0) is 24.8 Å². The van der Waals surface area contributed by atoms with Crippen LogP contribution >= 0.6 is 0 Å². The number of nitriles is 1. The molecule has 2 N–H and O–H groups in total. The number of hydrogen-bond donors (Lipinski definition) is 2. The molecule has 4 rings (SSSR count). The van der Waals surface area contributed by atoms with Crippen LogP contribution in [0, 0.1) is 17.2 Å². The van der Waals surface area contributed by atoms with Gasteiger partial charge in [0.1, 0.15) is 18.0 Å². The van der Waals surface area contributed by atoms with Crippen LogP contribution in [0.2, 0.25) is 0 Å². The molecule has 0 spiro atoms. The summed E-state index contributed by atoms with van der Waals surface area (Å²) >= 11 is 0. The van der Waals surface area contributed by atoms with Crippen LogP contribution in [0.3, 0.4) is 0 Å². The number of carbonyl (C=O) groups is 1. The number of pyridine rings is 1. The Labute approximate surface area is 121 Å². The van der Waals surface area contributed by atoms with Crippen LogP contribution in [-0.2, 0) is 0 Å². The molecule has 1 saturated carbocycles. The topological polar surface area (TPSA) is 91.0 Å². The Balaban J connectivity index is 1.58. The maximum atomic E-state index is 12.3. The molecule has 2 aromatic rings. The van der Waals surface area contributed by atoms with Gasteiger partial charge < -0.3 is 15.1 Å². The second-order valence-corrected chi connectivity index (χ2v) is 5.74. The molecule has 21 heavy (non-hydrogen) atoms. The number of amides is 1. The Morgan fingerprint density at radius 3 is 3.14 bits per heavy atom. The summed E-state index contributed by atoms with van der Waals surface area (Å²) in [5.41, 5.74) is 1.27. The van der Waals surface area contributed by atoms with Crippen LogP contribution in [0.15, 0.2) is 22.9 Å². The first-order valence-electron chi connectivity index (χ1n) is 7.06. The molecule has 3 atom stereocenters. The Morgan fingerprint density at radius 2 is 2.43 bits per heavy atom. The van der Waals surface area contributed by atoms with Crippen molar-refractivity contribution in [2.45, 2.75) is 24.9 Å². The Kier molecular flexibility index (Phi) is 2.69. The molecule has 0 aromatic carbocycles. The minimum Gasteiger partial charge on any atom is -0.461 e. The predicted octanol–water partition coefficient (Wildman–Crippen LogP) is 1.18. The van der Waals surface area contributed by atoms with E-state index in [0.717, 1.165) is 19.4 Å². The van der Waals surface area contributed by atoms with E-state index in [-0.39, 0.29) is 11.9 Å². The smallest absolute Gasteiger partial charge is 0.270 e. The van der Waals surface area contributed by atoms with Crippen LogP contribution in [-0.4, -0.2) is 29.5 Å². The van der Waals surface area contributed by atoms with E-state index in [9.17, 15) is 4.79 Å². The summed E-state index contributed by atoms with van der Waals surface area (Å²) in [4.78, 5) is 16.5. The van der Waals surface area contributed by atoms with Gasteiger partial charge >= 0.3 is 0 Å². The van der Waals surface area contributed by atoms with E-state index in [0.29, 0.717) is 34.2 Å². The fraction of sp³-hybridized carbons (Fsp3) is 0.400. The summed E-state index contributed by atoms with van der Waals surface area (Å²) in [6.07, 6.45) is 4.99. The normalized spacial score (nSPS) is 26.9. The Morgan fingerprint density at radius 1 is 1.52 bits per heavy atom. The van der Waals surface area contributed by atoms with Crippen molar-refractivity contribution >= 4 is 16.9 Å². The predicted molar refractivity (Wildman–Crippen MR) is 74.5 cm³/mol. The molecule has 6 heteroatoms. The van der Waals surface area contributed by atoms with Crippen molar-refractivity contribution in [2.24, 2.45) is 5.92 Å². The number of fused-ring (bicyclic) bond motifs is 3. The maximum absolute atomic E-state index is 12.3. The fourth-order valence-corrected chi connectivity index (χ4v) is 3.40. The van der Waals surface area contributed by atoms with Crippen molar-refractivity contribution in [3.63, 3.8) is 0 Å². The zero-order valence-corrected chi connectivity index (χ0v) is 11.3. The molecule has 2 bridgehead atoms. The van der Waals surface area contributed by atoms with Crippen molar-refractivity contribution in [1.82, 2.24) is 15.6 Å². The van der Waals surface area contributed by atoms with Gasteiger partial charge in [-0.25, -0.2) is 4.98 Å². The van der Waals surface area contributed by atoms with Gasteiger partial charge in [-0.2, -0.15) is 5.26 Å². The molecule has 2 aliphatic rings. The molecular formula is C15H14N4O2. The number of carbonyl (C=O) groups excluding carboxylic acids is 1. The number of nitrogens with zero attached hydrogens (tertiary/aromatic N) is 2. The fourth-order valence-electron chi connectivity index (χ4n) is 3.40. The molecule has 1 saturated heterocycles. The van der Waals surface area contributed by atoms with Crippen molar-refractivity contribution in [3.05, 3.63) is 29.8 Å². The largest absolute Gasteiger partial charge is 0.461 e. The lowest BCUT2D eigenvalue weighted by Crippen LogP contribution is -2.44. The molecule has 2 fully saturated rings. The maximum Gasteiger partial charge on any atom is 0.270 e. The summed E-state index contributed by atoms with van der Waals surface area (Å²) in [5.74, 6) is 0.339. The van der Waals surface area contributed by atoms with Gasteiger partial charge in [-0.3, -0.25) is 4.79 Å². The van der Waals surface area contributed by atoms with Gasteiger partial charge in [0, 0.05) is 24.0 Å². The van der Waals surface area contributed by atoms with Gasteiger partial charge in [0.15, 0.2) is 5.58 Å². The Hall–Kier alpha value is -2.39. The lowest BCUT2D eigenvalue weighted by molar-refractivity contribution is 0.0920. The van der Waals surface area contributed by atoms with E-state index in [1.165, 1.54) is 12.5 Å². The molecule has 0 radical (unpaired) electrons. The summed E-state index contributed by atoms with van der Waals surface area (Å²) in [6, 6.07) is 4.43. The molecule has 2 aromatic heterocycles. The highest BCUT2D eigenvalue weighted by molar-refractivity contribution is 5.96. The van der Waals surface area contributed by atoms with Crippen molar-refractivity contribution in [1.29, 1.82) is 5.26 Å². The van der Waals surface area contributed by atoms with E-state index in [1.54, 1.807) is 6.07 Å². The molecule has 3 unspecified atom stereocenters. The zero-order chi connectivity index (χ0) is 14.4. The zero-order valence-electron chi connectivity index (χ0n) is 11.3. The third-order valence-corrected chi connectivity index (χ3v) is 4.49. The SMILES string of the molecule is N#Cc1coc2cnc(C(=O)NC3CC4CC3CN4)cc12. The molecular weight excluding hydrogens is 268 g/mol. The average molecular weight is 282 g/mol. The third-order valence-electron chi connectivity index (χ3n) is 4.49. The minimum atomic E-state index is -0.181. The van der Waals surface area contributed by atoms with E-state index in [1.807, 2.05) is 6.07 Å².